The van der Waals surface area contributed by atoms with Crippen LogP contribution in [0.3, 0.4) is 0 Å². The van der Waals surface area contributed by atoms with E-state index in [1.807, 2.05) is 6.92 Å². The zero-order valence-electron chi connectivity index (χ0n) is 12.1. The molecule has 0 spiro atoms. The van der Waals surface area contributed by atoms with Crippen LogP contribution in [0.2, 0.25) is 0 Å². The summed E-state index contributed by atoms with van der Waals surface area (Å²) >= 11 is 0. The Morgan fingerprint density at radius 2 is 1.72 bits per heavy atom. The molecule has 1 heterocycles. The van der Waals surface area contributed by atoms with E-state index in [-0.39, 0.29) is 0 Å². The lowest BCUT2D eigenvalue weighted by Gasteiger charge is -2.45. The SMILES string of the molecule is CC1CCC(CN)(CN2CCC(C)(O)CC2)CC1. The van der Waals surface area contributed by atoms with E-state index >= 15 is 0 Å². The van der Waals surface area contributed by atoms with E-state index in [4.69, 9.17) is 5.73 Å². The maximum absolute atomic E-state index is 10.0. The normalized spacial score (nSPS) is 37.7. The van der Waals surface area contributed by atoms with E-state index in [2.05, 4.69) is 11.8 Å². The second-order valence-electron chi connectivity index (χ2n) is 7.16. The topological polar surface area (TPSA) is 49.5 Å². The number of likely N-dealkylation sites (tertiary alicyclic amines) is 1. The van der Waals surface area contributed by atoms with Gasteiger partial charge in [-0.05, 0) is 50.5 Å². The second kappa shape index (κ2) is 5.48. The number of hydrogen-bond donors (Lipinski definition) is 2. The molecule has 0 bridgehead atoms. The molecule has 1 aliphatic carbocycles. The quantitative estimate of drug-likeness (QED) is 0.810. The van der Waals surface area contributed by atoms with Crippen molar-refractivity contribution in [1.29, 1.82) is 0 Å². The van der Waals surface area contributed by atoms with Crippen molar-refractivity contribution in [2.75, 3.05) is 26.2 Å². The zero-order chi connectivity index (χ0) is 13.2. The van der Waals surface area contributed by atoms with E-state index < -0.39 is 5.60 Å². The minimum atomic E-state index is -0.437. The fourth-order valence-electron chi connectivity index (χ4n) is 3.47. The summed E-state index contributed by atoms with van der Waals surface area (Å²) in [6.45, 7) is 8.36. The van der Waals surface area contributed by atoms with Gasteiger partial charge in [-0.25, -0.2) is 0 Å². The third-order valence-corrected chi connectivity index (χ3v) is 5.26. The van der Waals surface area contributed by atoms with Crippen LogP contribution in [0.15, 0.2) is 0 Å². The van der Waals surface area contributed by atoms with Crippen LogP contribution < -0.4 is 5.73 Å². The predicted molar refractivity (Wildman–Crippen MR) is 75.4 cm³/mol. The summed E-state index contributed by atoms with van der Waals surface area (Å²) in [7, 11) is 0. The van der Waals surface area contributed by atoms with Gasteiger partial charge in [-0.1, -0.05) is 19.8 Å². The van der Waals surface area contributed by atoms with Gasteiger partial charge in [0.25, 0.3) is 0 Å². The van der Waals surface area contributed by atoms with Crippen LogP contribution in [0, 0.1) is 11.3 Å². The van der Waals surface area contributed by atoms with Crippen LogP contribution in [-0.2, 0) is 0 Å². The Morgan fingerprint density at radius 3 is 2.22 bits per heavy atom. The first kappa shape index (κ1) is 14.3. The van der Waals surface area contributed by atoms with Gasteiger partial charge in [0.05, 0.1) is 5.60 Å². The van der Waals surface area contributed by atoms with Gasteiger partial charge < -0.3 is 15.7 Å². The molecule has 0 atom stereocenters. The average molecular weight is 254 g/mol. The van der Waals surface area contributed by atoms with Gasteiger partial charge in [-0.2, -0.15) is 0 Å². The molecule has 3 nitrogen and oxygen atoms in total. The summed E-state index contributed by atoms with van der Waals surface area (Å²) in [6, 6.07) is 0. The molecule has 0 radical (unpaired) electrons. The Balaban J connectivity index is 1.87. The van der Waals surface area contributed by atoms with Crippen LogP contribution >= 0.6 is 0 Å². The molecule has 2 aliphatic rings. The fraction of sp³-hybridized carbons (Fsp3) is 1.00. The zero-order valence-corrected chi connectivity index (χ0v) is 12.1. The van der Waals surface area contributed by atoms with E-state index in [1.54, 1.807) is 0 Å². The van der Waals surface area contributed by atoms with Gasteiger partial charge in [0, 0.05) is 19.6 Å². The molecule has 18 heavy (non-hydrogen) atoms. The molecule has 3 heteroatoms. The third-order valence-electron chi connectivity index (χ3n) is 5.26. The van der Waals surface area contributed by atoms with Crippen molar-refractivity contribution in [2.24, 2.45) is 17.1 Å². The van der Waals surface area contributed by atoms with E-state index in [0.717, 1.165) is 44.9 Å². The maximum atomic E-state index is 10.0. The van der Waals surface area contributed by atoms with Gasteiger partial charge in [0.15, 0.2) is 0 Å². The molecule has 0 aromatic carbocycles. The van der Waals surface area contributed by atoms with Crippen LogP contribution in [0.4, 0.5) is 0 Å². The summed E-state index contributed by atoms with van der Waals surface area (Å²) in [5.74, 6) is 0.881. The van der Waals surface area contributed by atoms with Crippen molar-refractivity contribution in [3.63, 3.8) is 0 Å². The van der Waals surface area contributed by atoms with Gasteiger partial charge in [0.2, 0.25) is 0 Å². The summed E-state index contributed by atoms with van der Waals surface area (Å²) in [5, 5.41) is 10.0. The van der Waals surface area contributed by atoms with Crippen LogP contribution in [0.1, 0.15) is 52.4 Å². The van der Waals surface area contributed by atoms with Gasteiger partial charge in [-0.3, -0.25) is 0 Å². The minimum Gasteiger partial charge on any atom is -0.390 e. The highest BCUT2D eigenvalue weighted by Gasteiger charge is 2.36. The van der Waals surface area contributed by atoms with E-state index in [9.17, 15) is 5.11 Å². The molecule has 2 rings (SSSR count). The molecule has 0 unspecified atom stereocenters. The smallest absolute Gasteiger partial charge is 0.0644 e. The molecule has 0 aromatic rings. The lowest BCUT2D eigenvalue weighted by molar-refractivity contribution is -0.0204. The monoisotopic (exact) mass is 254 g/mol. The van der Waals surface area contributed by atoms with Crippen molar-refractivity contribution >= 4 is 0 Å². The van der Waals surface area contributed by atoms with Crippen molar-refractivity contribution in [3.8, 4) is 0 Å². The van der Waals surface area contributed by atoms with Gasteiger partial charge in [-0.15, -0.1) is 0 Å². The highest BCUT2D eigenvalue weighted by Crippen LogP contribution is 2.39. The maximum Gasteiger partial charge on any atom is 0.0644 e. The first-order valence-corrected chi connectivity index (χ1v) is 7.60. The average Bonchev–Trinajstić information content (AvgIpc) is 2.35. The van der Waals surface area contributed by atoms with Gasteiger partial charge in [0.1, 0.15) is 0 Å². The number of piperidine rings is 1. The fourth-order valence-corrected chi connectivity index (χ4v) is 3.47. The van der Waals surface area contributed by atoms with E-state index in [1.165, 1.54) is 25.7 Å². The highest BCUT2D eigenvalue weighted by molar-refractivity contribution is 4.91. The first-order valence-electron chi connectivity index (χ1n) is 7.60. The molecule has 106 valence electrons. The minimum absolute atomic E-state index is 0.357. The Hall–Kier alpha value is -0.120. The third kappa shape index (κ3) is 3.46. The Morgan fingerprint density at radius 1 is 1.17 bits per heavy atom. The Kier molecular flexibility index (Phi) is 4.35. The lowest BCUT2D eigenvalue weighted by Crippen LogP contribution is -2.49. The molecule has 3 N–H and O–H groups in total. The van der Waals surface area contributed by atoms with Crippen molar-refractivity contribution in [2.45, 2.75) is 58.0 Å². The number of aliphatic hydroxyl groups is 1. The molecule has 1 saturated heterocycles. The molecule has 1 aliphatic heterocycles. The summed E-state index contributed by atoms with van der Waals surface area (Å²) in [4.78, 5) is 2.53. The molecule has 1 saturated carbocycles. The van der Waals surface area contributed by atoms with Crippen molar-refractivity contribution < 1.29 is 5.11 Å². The number of nitrogens with two attached hydrogens (primary N) is 1. The van der Waals surface area contributed by atoms with Crippen molar-refractivity contribution in [1.82, 2.24) is 4.90 Å². The molecule has 2 fully saturated rings. The Bertz CT molecular complexity index is 260. The highest BCUT2D eigenvalue weighted by atomic mass is 16.3. The van der Waals surface area contributed by atoms with Crippen LogP contribution in [-0.4, -0.2) is 41.8 Å². The summed E-state index contributed by atoms with van der Waals surface area (Å²) in [6.07, 6.45) is 7.06. The Labute approximate surface area is 112 Å². The first-order chi connectivity index (χ1) is 8.45. The molecular weight excluding hydrogens is 224 g/mol. The van der Waals surface area contributed by atoms with Crippen LogP contribution in [0.5, 0.6) is 0 Å². The number of nitrogens with zero attached hydrogens (tertiary/aromatic N) is 1. The van der Waals surface area contributed by atoms with E-state index in [0.29, 0.717) is 5.41 Å². The van der Waals surface area contributed by atoms with Crippen LogP contribution in [0.25, 0.3) is 0 Å². The van der Waals surface area contributed by atoms with Gasteiger partial charge >= 0.3 is 0 Å². The second-order valence-corrected chi connectivity index (χ2v) is 7.16. The number of rotatable bonds is 3. The largest absolute Gasteiger partial charge is 0.390 e. The number of hydrogen-bond acceptors (Lipinski definition) is 3. The summed E-state index contributed by atoms with van der Waals surface area (Å²) in [5.41, 5.74) is 6.00. The standard InChI is InChI=1S/C15H30N2O/c1-13-3-5-15(11-16,6-4-13)12-17-9-7-14(2,18)8-10-17/h13,18H,3-12,16H2,1-2H3. The molecule has 0 aromatic heterocycles. The summed E-state index contributed by atoms with van der Waals surface area (Å²) < 4.78 is 0. The predicted octanol–water partition coefficient (Wildman–Crippen LogP) is 1.99. The van der Waals surface area contributed by atoms with Crippen molar-refractivity contribution in [3.05, 3.63) is 0 Å². The molecular formula is C15H30N2O. The molecule has 0 amide bonds. The lowest BCUT2D eigenvalue weighted by atomic mass is 9.70.